The third kappa shape index (κ3) is 3.95. The second-order valence-electron chi connectivity index (χ2n) is 4.17. The van der Waals surface area contributed by atoms with Crippen molar-refractivity contribution in [1.29, 1.82) is 0 Å². The van der Waals surface area contributed by atoms with E-state index in [9.17, 15) is 18.0 Å². The predicted molar refractivity (Wildman–Crippen MR) is 70.9 cm³/mol. The summed E-state index contributed by atoms with van der Waals surface area (Å²) in [4.78, 5) is 15.6. The van der Waals surface area contributed by atoms with Crippen LogP contribution in [0.4, 0.5) is 18.9 Å². The molecule has 7 heteroatoms. The molecule has 0 bridgehead atoms. The van der Waals surface area contributed by atoms with Gasteiger partial charge in [-0.1, -0.05) is 6.07 Å². The van der Waals surface area contributed by atoms with Crippen molar-refractivity contribution in [2.45, 2.75) is 6.54 Å². The molecule has 1 aromatic carbocycles. The molecule has 0 unspecified atom stereocenters. The molecule has 0 aliphatic carbocycles. The van der Waals surface area contributed by atoms with Crippen LogP contribution in [0.15, 0.2) is 36.5 Å². The Labute approximate surface area is 119 Å². The van der Waals surface area contributed by atoms with Gasteiger partial charge in [-0.3, -0.25) is 9.78 Å². The summed E-state index contributed by atoms with van der Waals surface area (Å²) in [5.74, 6) is -4.64. The largest absolute Gasteiger partial charge is 0.374 e. The molecule has 0 aliphatic rings. The molecule has 21 heavy (non-hydrogen) atoms. The van der Waals surface area contributed by atoms with Crippen molar-refractivity contribution in [2.24, 2.45) is 0 Å². The van der Waals surface area contributed by atoms with E-state index in [1.807, 2.05) is 0 Å². The fourth-order valence-corrected chi connectivity index (χ4v) is 1.59. The van der Waals surface area contributed by atoms with Crippen LogP contribution in [0.2, 0.25) is 0 Å². The summed E-state index contributed by atoms with van der Waals surface area (Å²) in [5, 5.41) is 4.96. The zero-order valence-electron chi connectivity index (χ0n) is 10.9. The topological polar surface area (TPSA) is 54.0 Å². The number of rotatable bonds is 5. The van der Waals surface area contributed by atoms with Gasteiger partial charge in [0.2, 0.25) is 5.91 Å². The van der Waals surface area contributed by atoms with Gasteiger partial charge in [-0.25, -0.2) is 13.2 Å². The Morgan fingerprint density at radius 2 is 1.90 bits per heavy atom. The molecule has 0 fully saturated rings. The lowest BCUT2D eigenvalue weighted by molar-refractivity contribution is -0.119. The Balaban J connectivity index is 1.86. The van der Waals surface area contributed by atoms with Gasteiger partial charge in [-0.05, 0) is 24.3 Å². The number of carbonyl (C=O) groups excluding carboxylic acids is 1. The highest BCUT2D eigenvalue weighted by Crippen LogP contribution is 2.19. The number of carbonyl (C=O) groups is 1. The summed E-state index contributed by atoms with van der Waals surface area (Å²) in [7, 11) is 0. The molecule has 0 aliphatic heterocycles. The van der Waals surface area contributed by atoms with Gasteiger partial charge in [-0.2, -0.15) is 0 Å². The maximum Gasteiger partial charge on any atom is 0.239 e. The molecule has 1 aromatic heterocycles. The first-order valence-corrected chi connectivity index (χ1v) is 6.12. The molecule has 1 heterocycles. The van der Waals surface area contributed by atoms with Crippen LogP contribution in [-0.2, 0) is 11.3 Å². The highest BCUT2D eigenvalue weighted by Gasteiger charge is 2.13. The summed E-state index contributed by atoms with van der Waals surface area (Å²) in [6.45, 7) is -0.0452. The van der Waals surface area contributed by atoms with Crippen LogP contribution in [0.1, 0.15) is 5.69 Å². The Morgan fingerprint density at radius 3 is 2.62 bits per heavy atom. The number of pyridine rings is 1. The summed E-state index contributed by atoms with van der Waals surface area (Å²) in [6.07, 6.45) is 1.59. The Hall–Kier alpha value is -2.57. The van der Waals surface area contributed by atoms with Gasteiger partial charge in [0.15, 0.2) is 17.5 Å². The van der Waals surface area contributed by atoms with Gasteiger partial charge in [0.1, 0.15) is 0 Å². The lowest BCUT2D eigenvalue weighted by Gasteiger charge is -2.09. The average Bonchev–Trinajstić information content (AvgIpc) is 2.51. The number of amides is 1. The van der Waals surface area contributed by atoms with Crippen molar-refractivity contribution in [2.75, 3.05) is 11.9 Å². The number of anilines is 1. The molecule has 2 rings (SSSR count). The van der Waals surface area contributed by atoms with Crippen molar-refractivity contribution in [3.8, 4) is 0 Å². The molecule has 2 N–H and O–H groups in total. The third-order valence-corrected chi connectivity index (χ3v) is 2.67. The van der Waals surface area contributed by atoms with E-state index in [0.717, 1.165) is 12.1 Å². The van der Waals surface area contributed by atoms with E-state index >= 15 is 0 Å². The van der Waals surface area contributed by atoms with E-state index in [0.29, 0.717) is 5.69 Å². The van der Waals surface area contributed by atoms with Gasteiger partial charge in [0.25, 0.3) is 0 Å². The summed E-state index contributed by atoms with van der Waals surface area (Å²) in [6, 6.07) is 7.08. The molecular weight excluding hydrogens is 283 g/mol. The number of benzene rings is 1. The van der Waals surface area contributed by atoms with Crippen LogP contribution in [0, 0.1) is 17.5 Å². The van der Waals surface area contributed by atoms with Crippen LogP contribution < -0.4 is 10.6 Å². The summed E-state index contributed by atoms with van der Waals surface area (Å²) < 4.78 is 39.1. The lowest BCUT2D eigenvalue weighted by Crippen LogP contribution is -2.29. The number of aromatic nitrogens is 1. The van der Waals surface area contributed by atoms with E-state index in [1.165, 1.54) is 0 Å². The van der Waals surface area contributed by atoms with Crippen molar-refractivity contribution >= 4 is 11.6 Å². The predicted octanol–water partition coefficient (Wildman–Crippen LogP) is 2.23. The third-order valence-electron chi connectivity index (χ3n) is 2.67. The number of hydrogen-bond donors (Lipinski definition) is 2. The molecule has 0 radical (unpaired) electrons. The van der Waals surface area contributed by atoms with E-state index in [-0.39, 0.29) is 18.8 Å². The van der Waals surface area contributed by atoms with Crippen molar-refractivity contribution < 1.29 is 18.0 Å². The molecule has 0 spiro atoms. The first kappa shape index (κ1) is 14.8. The van der Waals surface area contributed by atoms with Crippen LogP contribution in [0.25, 0.3) is 0 Å². The minimum absolute atomic E-state index is 0.224. The van der Waals surface area contributed by atoms with Gasteiger partial charge in [0, 0.05) is 6.20 Å². The molecule has 4 nitrogen and oxygen atoms in total. The lowest BCUT2D eigenvalue weighted by atomic mass is 10.2. The normalized spacial score (nSPS) is 10.2. The first-order chi connectivity index (χ1) is 10.1. The Kier molecular flexibility index (Phi) is 4.76. The van der Waals surface area contributed by atoms with E-state index in [1.54, 1.807) is 24.4 Å². The van der Waals surface area contributed by atoms with Crippen LogP contribution in [0.3, 0.4) is 0 Å². The number of nitrogens with zero attached hydrogens (tertiary/aromatic N) is 1. The first-order valence-electron chi connectivity index (χ1n) is 6.12. The number of hydrogen-bond acceptors (Lipinski definition) is 3. The quantitative estimate of drug-likeness (QED) is 0.832. The highest BCUT2D eigenvalue weighted by molar-refractivity contribution is 5.80. The number of nitrogens with one attached hydrogen (secondary N) is 2. The minimum atomic E-state index is -1.58. The SMILES string of the molecule is O=C(CNc1ccc(F)c(F)c1F)NCc1ccccn1. The van der Waals surface area contributed by atoms with Crippen molar-refractivity contribution in [3.05, 3.63) is 59.7 Å². The average molecular weight is 295 g/mol. The maximum atomic E-state index is 13.3. The van der Waals surface area contributed by atoms with Gasteiger partial charge >= 0.3 is 0 Å². The van der Waals surface area contributed by atoms with Crippen LogP contribution in [0.5, 0.6) is 0 Å². The van der Waals surface area contributed by atoms with Gasteiger partial charge in [0.05, 0.1) is 24.5 Å². The fraction of sp³-hybridized carbons (Fsp3) is 0.143. The van der Waals surface area contributed by atoms with Crippen LogP contribution >= 0.6 is 0 Å². The molecular formula is C14H12F3N3O. The summed E-state index contributed by atoms with van der Waals surface area (Å²) in [5.41, 5.74) is 0.395. The monoisotopic (exact) mass is 295 g/mol. The van der Waals surface area contributed by atoms with Crippen LogP contribution in [-0.4, -0.2) is 17.4 Å². The standard InChI is InChI=1S/C14H12F3N3O/c15-10-4-5-11(14(17)13(10)16)19-8-12(21)20-7-9-3-1-2-6-18-9/h1-6,19H,7-8H2,(H,20,21). The van der Waals surface area contributed by atoms with Gasteiger partial charge < -0.3 is 10.6 Å². The van der Waals surface area contributed by atoms with E-state index in [4.69, 9.17) is 0 Å². The fourth-order valence-electron chi connectivity index (χ4n) is 1.59. The molecule has 0 saturated heterocycles. The summed E-state index contributed by atoms with van der Waals surface area (Å²) >= 11 is 0. The van der Waals surface area contributed by atoms with Crippen molar-refractivity contribution in [1.82, 2.24) is 10.3 Å². The van der Waals surface area contributed by atoms with Crippen molar-refractivity contribution in [3.63, 3.8) is 0 Å². The maximum absolute atomic E-state index is 13.3. The number of halogens is 3. The van der Waals surface area contributed by atoms with E-state index in [2.05, 4.69) is 15.6 Å². The minimum Gasteiger partial charge on any atom is -0.374 e. The molecule has 2 aromatic rings. The zero-order valence-corrected chi connectivity index (χ0v) is 10.9. The Bertz CT molecular complexity index is 635. The molecule has 0 saturated carbocycles. The second kappa shape index (κ2) is 6.74. The Morgan fingerprint density at radius 1 is 1.10 bits per heavy atom. The van der Waals surface area contributed by atoms with Gasteiger partial charge in [-0.15, -0.1) is 0 Å². The zero-order chi connectivity index (χ0) is 15.2. The smallest absolute Gasteiger partial charge is 0.239 e. The molecule has 110 valence electrons. The second-order valence-corrected chi connectivity index (χ2v) is 4.17. The van der Waals surface area contributed by atoms with E-state index < -0.39 is 23.4 Å². The molecule has 0 atom stereocenters. The molecule has 1 amide bonds. The highest BCUT2D eigenvalue weighted by atomic mass is 19.2.